The topological polar surface area (TPSA) is 37.8 Å². The molecule has 0 aliphatic carbocycles. The first-order valence-electron chi connectivity index (χ1n) is 4.99. The highest BCUT2D eigenvalue weighted by molar-refractivity contribution is 7.09. The maximum Gasteiger partial charge on any atom is 0.109 e. The van der Waals surface area contributed by atoms with Crippen LogP contribution < -0.4 is 5.32 Å². The van der Waals surface area contributed by atoms with E-state index in [1.807, 2.05) is 23.7 Å². The molecular formula is C11H12ClN3S. The van der Waals surface area contributed by atoms with Gasteiger partial charge < -0.3 is 5.32 Å². The third-order valence-corrected chi connectivity index (χ3v) is 3.38. The molecule has 2 heterocycles. The minimum atomic E-state index is 0.248. The maximum absolute atomic E-state index is 5.76. The Bertz CT molecular complexity index is 427. The molecule has 2 rings (SSSR count). The summed E-state index contributed by atoms with van der Waals surface area (Å²) in [6, 6.07) is 4.02. The number of rotatable bonds is 4. The number of nitrogens with zero attached hydrogens (tertiary/aromatic N) is 2. The SMILES string of the molecule is CC(NCc1ccc(Cl)cn1)c1nccs1. The van der Waals surface area contributed by atoms with Crippen LogP contribution in [-0.4, -0.2) is 9.97 Å². The number of hydrogen-bond donors (Lipinski definition) is 1. The summed E-state index contributed by atoms with van der Waals surface area (Å²) in [7, 11) is 0. The van der Waals surface area contributed by atoms with Gasteiger partial charge in [0.25, 0.3) is 0 Å². The molecule has 0 fully saturated rings. The number of thiazole rings is 1. The molecule has 0 amide bonds. The van der Waals surface area contributed by atoms with E-state index in [9.17, 15) is 0 Å². The van der Waals surface area contributed by atoms with E-state index < -0.39 is 0 Å². The van der Waals surface area contributed by atoms with Gasteiger partial charge in [-0.05, 0) is 19.1 Å². The summed E-state index contributed by atoms with van der Waals surface area (Å²) in [6.07, 6.45) is 3.48. The van der Waals surface area contributed by atoms with Crippen LogP contribution in [0.2, 0.25) is 5.02 Å². The lowest BCUT2D eigenvalue weighted by Crippen LogP contribution is -2.18. The molecule has 0 aliphatic heterocycles. The van der Waals surface area contributed by atoms with E-state index in [2.05, 4.69) is 22.2 Å². The average Bonchev–Trinajstić information content (AvgIpc) is 2.81. The fourth-order valence-electron chi connectivity index (χ4n) is 1.30. The second-order valence-electron chi connectivity index (χ2n) is 3.44. The van der Waals surface area contributed by atoms with Gasteiger partial charge in [0.2, 0.25) is 0 Å². The van der Waals surface area contributed by atoms with E-state index in [1.54, 1.807) is 17.5 Å². The second-order valence-corrected chi connectivity index (χ2v) is 4.80. The van der Waals surface area contributed by atoms with Gasteiger partial charge in [-0.25, -0.2) is 4.98 Å². The van der Waals surface area contributed by atoms with E-state index in [0.717, 1.165) is 17.2 Å². The molecule has 0 radical (unpaired) electrons. The zero-order valence-electron chi connectivity index (χ0n) is 8.85. The predicted octanol–water partition coefficient (Wildman–Crippen LogP) is 3.04. The fraction of sp³-hybridized carbons (Fsp3) is 0.273. The zero-order valence-corrected chi connectivity index (χ0v) is 10.4. The van der Waals surface area contributed by atoms with Crippen molar-refractivity contribution in [3.63, 3.8) is 0 Å². The molecule has 0 aromatic carbocycles. The van der Waals surface area contributed by atoms with Gasteiger partial charge in [-0.3, -0.25) is 4.98 Å². The van der Waals surface area contributed by atoms with Gasteiger partial charge in [-0.1, -0.05) is 11.6 Å². The molecule has 0 bridgehead atoms. The van der Waals surface area contributed by atoms with Crippen molar-refractivity contribution in [3.05, 3.63) is 45.6 Å². The number of aromatic nitrogens is 2. The molecule has 1 atom stereocenters. The van der Waals surface area contributed by atoms with Gasteiger partial charge in [0.1, 0.15) is 5.01 Å². The van der Waals surface area contributed by atoms with Crippen molar-refractivity contribution in [2.24, 2.45) is 0 Å². The predicted molar refractivity (Wildman–Crippen MR) is 66.6 cm³/mol. The normalized spacial score (nSPS) is 12.6. The van der Waals surface area contributed by atoms with E-state index >= 15 is 0 Å². The monoisotopic (exact) mass is 253 g/mol. The Morgan fingerprint density at radius 3 is 2.94 bits per heavy atom. The minimum Gasteiger partial charge on any atom is -0.302 e. The molecular weight excluding hydrogens is 242 g/mol. The summed E-state index contributed by atoms with van der Waals surface area (Å²) in [6.45, 7) is 2.81. The zero-order chi connectivity index (χ0) is 11.4. The Morgan fingerprint density at radius 1 is 1.44 bits per heavy atom. The molecule has 0 saturated heterocycles. The van der Waals surface area contributed by atoms with Crippen molar-refractivity contribution in [3.8, 4) is 0 Å². The van der Waals surface area contributed by atoms with Crippen LogP contribution in [0.25, 0.3) is 0 Å². The molecule has 5 heteroatoms. The molecule has 84 valence electrons. The van der Waals surface area contributed by atoms with Crippen LogP contribution in [0.4, 0.5) is 0 Å². The lowest BCUT2D eigenvalue weighted by Gasteiger charge is -2.10. The van der Waals surface area contributed by atoms with Crippen molar-refractivity contribution in [2.75, 3.05) is 0 Å². The third kappa shape index (κ3) is 3.01. The van der Waals surface area contributed by atoms with Crippen LogP contribution in [0.3, 0.4) is 0 Å². The Hall–Kier alpha value is -0.970. The summed E-state index contributed by atoms with van der Waals surface area (Å²) < 4.78 is 0. The van der Waals surface area contributed by atoms with Crippen LogP contribution in [0.15, 0.2) is 29.9 Å². The number of halogens is 1. The van der Waals surface area contributed by atoms with Crippen molar-refractivity contribution < 1.29 is 0 Å². The molecule has 2 aromatic heterocycles. The number of pyridine rings is 1. The first kappa shape index (κ1) is 11.5. The summed E-state index contributed by atoms with van der Waals surface area (Å²) >= 11 is 7.42. The molecule has 2 aromatic rings. The van der Waals surface area contributed by atoms with E-state index in [-0.39, 0.29) is 6.04 Å². The highest BCUT2D eigenvalue weighted by atomic mass is 35.5. The summed E-state index contributed by atoms with van der Waals surface area (Å²) in [5.74, 6) is 0. The third-order valence-electron chi connectivity index (χ3n) is 2.20. The Labute approximate surface area is 104 Å². The number of hydrogen-bond acceptors (Lipinski definition) is 4. The van der Waals surface area contributed by atoms with Crippen molar-refractivity contribution in [2.45, 2.75) is 19.5 Å². The second kappa shape index (κ2) is 5.39. The molecule has 0 spiro atoms. The Morgan fingerprint density at radius 2 is 2.31 bits per heavy atom. The molecule has 16 heavy (non-hydrogen) atoms. The van der Waals surface area contributed by atoms with Gasteiger partial charge >= 0.3 is 0 Å². The first-order chi connectivity index (χ1) is 7.75. The Balaban J connectivity index is 1.90. The van der Waals surface area contributed by atoms with Crippen LogP contribution in [-0.2, 0) is 6.54 Å². The van der Waals surface area contributed by atoms with Gasteiger partial charge in [-0.15, -0.1) is 11.3 Å². The smallest absolute Gasteiger partial charge is 0.109 e. The van der Waals surface area contributed by atoms with Crippen LogP contribution >= 0.6 is 22.9 Å². The van der Waals surface area contributed by atoms with Crippen LogP contribution in [0, 0.1) is 0 Å². The van der Waals surface area contributed by atoms with Crippen LogP contribution in [0.1, 0.15) is 23.7 Å². The average molecular weight is 254 g/mol. The lowest BCUT2D eigenvalue weighted by atomic mass is 10.3. The highest BCUT2D eigenvalue weighted by Crippen LogP contribution is 2.15. The largest absolute Gasteiger partial charge is 0.302 e. The van der Waals surface area contributed by atoms with Crippen molar-refractivity contribution >= 4 is 22.9 Å². The van der Waals surface area contributed by atoms with Gasteiger partial charge in [0, 0.05) is 24.3 Å². The van der Waals surface area contributed by atoms with E-state index in [4.69, 9.17) is 11.6 Å². The molecule has 1 N–H and O–H groups in total. The molecule has 0 saturated carbocycles. The summed E-state index contributed by atoms with van der Waals surface area (Å²) in [4.78, 5) is 8.48. The number of nitrogens with one attached hydrogen (secondary N) is 1. The van der Waals surface area contributed by atoms with Crippen molar-refractivity contribution in [1.82, 2.24) is 15.3 Å². The quantitative estimate of drug-likeness (QED) is 0.910. The maximum atomic E-state index is 5.76. The standard InChI is InChI=1S/C11H12ClN3S/c1-8(11-13-4-5-16-11)14-7-10-3-2-9(12)6-15-10/h2-6,8,14H,7H2,1H3. The van der Waals surface area contributed by atoms with E-state index in [1.165, 1.54) is 0 Å². The van der Waals surface area contributed by atoms with Gasteiger partial charge in [0.15, 0.2) is 0 Å². The summed E-state index contributed by atoms with van der Waals surface area (Å²) in [5, 5.41) is 7.10. The van der Waals surface area contributed by atoms with Crippen molar-refractivity contribution in [1.29, 1.82) is 0 Å². The molecule has 0 aliphatic rings. The van der Waals surface area contributed by atoms with E-state index in [0.29, 0.717) is 5.02 Å². The molecule has 1 unspecified atom stereocenters. The van der Waals surface area contributed by atoms with Gasteiger partial charge in [-0.2, -0.15) is 0 Å². The lowest BCUT2D eigenvalue weighted by molar-refractivity contribution is 0.565. The highest BCUT2D eigenvalue weighted by Gasteiger charge is 2.07. The van der Waals surface area contributed by atoms with Gasteiger partial charge in [0.05, 0.1) is 16.8 Å². The summed E-state index contributed by atoms with van der Waals surface area (Å²) in [5.41, 5.74) is 0.979. The Kier molecular flexibility index (Phi) is 3.88. The minimum absolute atomic E-state index is 0.248. The van der Waals surface area contributed by atoms with Crippen LogP contribution in [0.5, 0.6) is 0 Å². The molecule has 3 nitrogen and oxygen atoms in total. The fourth-order valence-corrected chi connectivity index (χ4v) is 2.09. The first-order valence-corrected chi connectivity index (χ1v) is 6.24.